The predicted octanol–water partition coefficient (Wildman–Crippen LogP) is 6.05. The number of unbranched alkanes of at least 4 members (excludes halogenated alkanes) is 1. The number of imidazole rings is 1. The van der Waals surface area contributed by atoms with E-state index in [2.05, 4.69) is 32.4 Å². The number of aryl methyl sites for hydroxylation is 3. The van der Waals surface area contributed by atoms with Gasteiger partial charge in [-0.05, 0) is 63.1 Å². The standard InChI is InChI=1S/C35H40N6O3/c1-5-6-18-43-32-13-10-25(2)19-31(32)35(42)40-16-14-39(15-17-40)24-30-22-37-27(4)41(30)23-28-11-12-29(21-36)33(20-28)44-34-9-7-8-26(3)38-34/h7-13,19-20,22H,5-6,14-18,23-24H2,1-4H3. The smallest absolute Gasteiger partial charge is 0.257 e. The highest BCUT2D eigenvalue weighted by atomic mass is 16.5. The second-order valence-corrected chi connectivity index (χ2v) is 11.3. The van der Waals surface area contributed by atoms with Crippen molar-refractivity contribution in [1.29, 1.82) is 5.26 Å². The summed E-state index contributed by atoms with van der Waals surface area (Å²) in [6.45, 7) is 12.8. The van der Waals surface area contributed by atoms with Crippen LogP contribution < -0.4 is 9.47 Å². The Balaban J connectivity index is 1.24. The lowest BCUT2D eigenvalue weighted by Crippen LogP contribution is -2.48. The number of nitriles is 1. The maximum Gasteiger partial charge on any atom is 0.257 e. The van der Waals surface area contributed by atoms with Crippen LogP contribution >= 0.6 is 0 Å². The maximum absolute atomic E-state index is 13.5. The number of rotatable bonds is 11. The minimum atomic E-state index is 0.0282. The molecule has 2 aromatic carbocycles. The molecular weight excluding hydrogens is 552 g/mol. The quantitative estimate of drug-likeness (QED) is 0.196. The number of carbonyl (C=O) groups excluding carboxylic acids is 1. The van der Waals surface area contributed by atoms with E-state index in [-0.39, 0.29) is 5.91 Å². The van der Waals surface area contributed by atoms with Crippen molar-refractivity contribution in [2.75, 3.05) is 32.8 Å². The molecule has 5 rings (SSSR count). The van der Waals surface area contributed by atoms with Gasteiger partial charge in [0.2, 0.25) is 5.88 Å². The summed E-state index contributed by atoms with van der Waals surface area (Å²) in [4.78, 5) is 26.8. The fraction of sp³-hybridized carbons (Fsp3) is 0.371. The van der Waals surface area contributed by atoms with Crippen molar-refractivity contribution in [2.24, 2.45) is 0 Å². The Morgan fingerprint density at radius 3 is 2.55 bits per heavy atom. The number of piperazine rings is 1. The van der Waals surface area contributed by atoms with Crippen molar-refractivity contribution in [3.63, 3.8) is 0 Å². The molecule has 1 aliphatic rings. The number of nitrogens with zero attached hydrogens (tertiary/aromatic N) is 6. The first kappa shape index (κ1) is 30.8. The van der Waals surface area contributed by atoms with Crippen LogP contribution in [0.5, 0.6) is 17.4 Å². The van der Waals surface area contributed by atoms with Gasteiger partial charge in [-0.15, -0.1) is 0 Å². The third-order valence-electron chi connectivity index (χ3n) is 7.89. The van der Waals surface area contributed by atoms with Gasteiger partial charge in [0.1, 0.15) is 23.4 Å². The van der Waals surface area contributed by atoms with Crippen LogP contribution in [-0.2, 0) is 13.1 Å². The largest absolute Gasteiger partial charge is 0.493 e. The molecule has 3 heterocycles. The molecule has 1 amide bonds. The second-order valence-electron chi connectivity index (χ2n) is 11.3. The highest BCUT2D eigenvalue weighted by Gasteiger charge is 2.25. The zero-order chi connectivity index (χ0) is 31.1. The van der Waals surface area contributed by atoms with Crippen LogP contribution in [0.4, 0.5) is 0 Å². The van der Waals surface area contributed by atoms with Gasteiger partial charge in [-0.25, -0.2) is 9.97 Å². The molecule has 228 valence electrons. The van der Waals surface area contributed by atoms with Gasteiger partial charge in [0.25, 0.3) is 5.91 Å². The minimum Gasteiger partial charge on any atom is -0.493 e. The molecule has 0 unspecified atom stereocenters. The van der Waals surface area contributed by atoms with Gasteiger partial charge >= 0.3 is 0 Å². The van der Waals surface area contributed by atoms with Gasteiger partial charge < -0.3 is 18.9 Å². The zero-order valence-electron chi connectivity index (χ0n) is 26.0. The molecule has 2 aromatic heterocycles. The molecule has 0 N–H and O–H groups in total. The van der Waals surface area contributed by atoms with E-state index in [0.717, 1.165) is 60.8 Å². The molecule has 44 heavy (non-hydrogen) atoms. The number of aromatic nitrogens is 3. The average molecular weight is 593 g/mol. The highest BCUT2D eigenvalue weighted by Crippen LogP contribution is 2.27. The Bertz CT molecular complexity index is 1650. The molecule has 9 heteroatoms. The van der Waals surface area contributed by atoms with Crippen LogP contribution in [0, 0.1) is 32.1 Å². The van der Waals surface area contributed by atoms with Crippen molar-refractivity contribution in [3.8, 4) is 23.4 Å². The number of benzene rings is 2. The Morgan fingerprint density at radius 2 is 1.80 bits per heavy atom. The van der Waals surface area contributed by atoms with Crippen LogP contribution in [0.3, 0.4) is 0 Å². The van der Waals surface area contributed by atoms with Crippen LogP contribution in [0.2, 0.25) is 0 Å². The summed E-state index contributed by atoms with van der Waals surface area (Å²) >= 11 is 0. The molecule has 0 aliphatic carbocycles. The molecule has 9 nitrogen and oxygen atoms in total. The number of pyridine rings is 1. The van der Waals surface area contributed by atoms with Gasteiger partial charge in [-0.1, -0.05) is 37.1 Å². The molecule has 0 atom stereocenters. The summed E-state index contributed by atoms with van der Waals surface area (Å²) < 4.78 is 14.2. The lowest BCUT2D eigenvalue weighted by molar-refractivity contribution is 0.0621. The molecule has 0 radical (unpaired) electrons. The summed E-state index contributed by atoms with van der Waals surface area (Å²) in [5.41, 5.74) is 5.09. The van der Waals surface area contributed by atoms with Crippen molar-refractivity contribution < 1.29 is 14.3 Å². The molecule has 1 saturated heterocycles. The molecule has 0 bridgehead atoms. The molecule has 4 aromatic rings. The second kappa shape index (κ2) is 14.2. The van der Waals surface area contributed by atoms with Crippen molar-refractivity contribution in [2.45, 2.75) is 53.6 Å². The van der Waals surface area contributed by atoms with Crippen LogP contribution in [0.1, 0.15) is 64.0 Å². The first-order valence-corrected chi connectivity index (χ1v) is 15.2. The van der Waals surface area contributed by atoms with E-state index >= 15 is 0 Å². The van der Waals surface area contributed by atoms with Crippen molar-refractivity contribution >= 4 is 5.91 Å². The SMILES string of the molecule is CCCCOc1ccc(C)cc1C(=O)N1CCN(Cc2cnc(C)n2Cc2ccc(C#N)c(Oc3cccc(C)n3)c2)CC1. The molecule has 1 fully saturated rings. The maximum atomic E-state index is 13.5. The number of hydrogen-bond donors (Lipinski definition) is 0. The fourth-order valence-electron chi connectivity index (χ4n) is 5.34. The normalized spacial score (nSPS) is 13.5. The first-order chi connectivity index (χ1) is 21.3. The van der Waals surface area contributed by atoms with Crippen molar-refractivity contribution in [3.05, 3.63) is 100 Å². The summed E-state index contributed by atoms with van der Waals surface area (Å²) in [6.07, 6.45) is 3.93. The van der Waals surface area contributed by atoms with E-state index < -0.39 is 0 Å². The summed E-state index contributed by atoms with van der Waals surface area (Å²) in [7, 11) is 0. The third kappa shape index (κ3) is 7.44. The average Bonchev–Trinajstić information content (AvgIpc) is 3.36. The van der Waals surface area contributed by atoms with Gasteiger partial charge in [-0.3, -0.25) is 9.69 Å². The van der Waals surface area contributed by atoms with E-state index in [9.17, 15) is 10.1 Å². The molecule has 1 aliphatic heterocycles. The summed E-state index contributed by atoms with van der Waals surface area (Å²) in [6, 6.07) is 19.3. The van der Waals surface area contributed by atoms with Crippen LogP contribution in [0.15, 0.2) is 60.8 Å². The lowest BCUT2D eigenvalue weighted by Gasteiger charge is -2.35. The van der Waals surface area contributed by atoms with Crippen LogP contribution in [-0.4, -0.2) is 63.0 Å². The Morgan fingerprint density at radius 1 is 0.977 bits per heavy atom. The monoisotopic (exact) mass is 592 g/mol. The number of carbonyl (C=O) groups is 1. The molecule has 0 spiro atoms. The van der Waals surface area contributed by atoms with E-state index in [1.165, 1.54) is 0 Å². The van der Waals surface area contributed by atoms with Gasteiger partial charge in [0.15, 0.2) is 0 Å². The van der Waals surface area contributed by atoms with E-state index in [1.54, 1.807) is 12.1 Å². The first-order valence-electron chi connectivity index (χ1n) is 15.2. The number of hydrogen-bond acceptors (Lipinski definition) is 7. The van der Waals surface area contributed by atoms with E-state index in [1.807, 2.05) is 74.3 Å². The third-order valence-corrected chi connectivity index (χ3v) is 7.89. The summed E-state index contributed by atoms with van der Waals surface area (Å²) in [5.74, 6) is 2.55. The van der Waals surface area contributed by atoms with Crippen molar-refractivity contribution in [1.82, 2.24) is 24.3 Å². The topological polar surface area (TPSA) is 96.5 Å². The van der Waals surface area contributed by atoms with Gasteiger partial charge in [0, 0.05) is 57.2 Å². The fourth-order valence-corrected chi connectivity index (χ4v) is 5.34. The van der Waals surface area contributed by atoms with Crippen LogP contribution in [0.25, 0.3) is 0 Å². The highest BCUT2D eigenvalue weighted by molar-refractivity contribution is 5.97. The Labute approximate surface area is 259 Å². The number of amides is 1. The van der Waals surface area contributed by atoms with Gasteiger partial charge in [-0.2, -0.15) is 5.26 Å². The zero-order valence-corrected chi connectivity index (χ0v) is 26.0. The molecular formula is C35H40N6O3. The Kier molecular flexibility index (Phi) is 9.93. The van der Waals surface area contributed by atoms with Gasteiger partial charge in [0.05, 0.1) is 23.4 Å². The molecule has 0 saturated carbocycles. The van der Waals surface area contributed by atoms with E-state index in [0.29, 0.717) is 54.7 Å². The minimum absolute atomic E-state index is 0.0282. The Hall–Kier alpha value is -4.68. The lowest BCUT2D eigenvalue weighted by atomic mass is 10.1. The number of ether oxygens (including phenoxy) is 2. The predicted molar refractivity (Wildman–Crippen MR) is 169 cm³/mol. The van der Waals surface area contributed by atoms with E-state index in [4.69, 9.17) is 9.47 Å². The summed E-state index contributed by atoms with van der Waals surface area (Å²) in [5, 5.41) is 9.65.